The second kappa shape index (κ2) is 4.04. The zero-order valence-corrected chi connectivity index (χ0v) is 12.4. The van der Waals surface area contributed by atoms with Gasteiger partial charge in [-0.2, -0.15) is 0 Å². The van der Waals surface area contributed by atoms with Gasteiger partial charge < -0.3 is 20.3 Å². The van der Waals surface area contributed by atoms with Crippen LogP contribution in [0.15, 0.2) is 18.2 Å². The van der Waals surface area contributed by atoms with E-state index in [1.807, 2.05) is 32.9 Å². The van der Waals surface area contributed by atoms with Gasteiger partial charge in [-0.3, -0.25) is 0 Å². The van der Waals surface area contributed by atoms with Crippen molar-refractivity contribution in [3.05, 3.63) is 23.8 Å². The van der Waals surface area contributed by atoms with E-state index in [1.165, 1.54) is 5.56 Å². The van der Waals surface area contributed by atoms with E-state index in [0.29, 0.717) is 6.54 Å². The van der Waals surface area contributed by atoms with E-state index in [4.69, 9.17) is 10.5 Å². The molecule has 5 nitrogen and oxygen atoms in total. The molecule has 2 unspecified atom stereocenters. The van der Waals surface area contributed by atoms with E-state index >= 15 is 0 Å². The number of carbonyl (C=O) groups excluding carboxylic acids is 1. The maximum Gasteiger partial charge on any atom is 0.316 e. The number of benzene rings is 1. The predicted octanol–water partition coefficient (Wildman–Crippen LogP) is 2.08. The van der Waals surface area contributed by atoms with Gasteiger partial charge in [0, 0.05) is 6.54 Å². The molecule has 2 amide bonds. The number of fused-ring (bicyclic) bond motifs is 3. The van der Waals surface area contributed by atoms with Gasteiger partial charge in [-0.1, -0.05) is 6.07 Å². The van der Waals surface area contributed by atoms with Crippen LogP contribution in [0.3, 0.4) is 0 Å². The highest BCUT2D eigenvalue weighted by Gasteiger charge is 2.52. The second-order valence-electron chi connectivity index (χ2n) is 6.17. The maximum atomic E-state index is 11.7. The molecule has 108 valence electrons. The van der Waals surface area contributed by atoms with Crippen molar-refractivity contribution < 1.29 is 9.53 Å². The smallest absolute Gasteiger partial charge is 0.316 e. The predicted molar refractivity (Wildman–Crippen MR) is 77.9 cm³/mol. The summed E-state index contributed by atoms with van der Waals surface area (Å²) in [5.74, 6) is 0.874. The molecule has 0 saturated carbocycles. The van der Waals surface area contributed by atoms with Gasteiger partial charge in [0.1, 0.15) is 17.5 Å². The summed E-state index contributed by atoms with van der Waals surface area (Å²) < 4.78 is 6.00. The molecule has 2 aliphatic heterocycles. The van der Waals surface area contributed by atoms with Crippen LogP contribution in [0.25, 0.3) is 0 Å². The average Bonchev–Trinajstić information content (AvgIpc) is 2.63. The summed E-state index contributed by atoms with van der Waals surface area (Å²) in [7, 11) is 0. The third-order valence-electron chi connectivity index (χ3n) is 4.45. The number of aryl methyl sites for hydroxylation is 1. The Kier molecular flexibility index (Phi) is 2.64. The van der Waals surface area contributed by atoms with Crippen LogP contribution in [0.5, 0.6) is 5.75 Å². The van der Waals surface area contributed by atoms with Gasteiger partial charge in [0.15, 0.2) is 0 Å². The fourth-order valence-electron chi connectivity index (χ4n) is 3.41. The van der Waals surface area contributed by atoms with Gasteiger partial charge in [-0.15, -0.1) is 0 Å². The molecule has 0 aromatic heterocycles. The molecule has 0 spiro atoms. The molecular formula is C15H21N3O2. The highest BCUT2D eigenvalue weighted by Crippen LogP contribution is 2.45. The third-order valence-corrected chi connectivity index (χ3v) is 4.45. The van der Waals surface area contributed by atoms with Crippen molar-refractivity contribution in [2.45, 2.75) is 45.5 Å². The molecule has 2 heterocycles. The molecule has 2 aliphatic rings. The van der Waals surface area contributed by atoms with Crippen LogP contribution in [-0.2, 0) is 0 Å². The number of hydrogen-bond donors (Lipinski definition) is 1. The number of rotatable bonds is 0. The Morgan fingerprint density at radius 1 is 1.45 bits per heavy atom. The number of nitrogens with zero attached hydrogens (tertiary/aromatic N) is 2. The zero-order chi connectivity index (χ0) is 14.7. The summed E-state index contributed by atoms with van der Waals surface area (Å²) in [5, 5.41) is 0. The van der Waals surface area contributed by atoms with Crippen LogP contribution in [0, 0.1) is 6.92 Å². The first-order valence-electron chi connectivity index (χ1n) is 6.96. The quantitative estimate of drug-likeness (QED) is 0.788. The van der Waals surface area contributed by atoms with Gasteiger partial charge in [0.2, 0.25) is 0 Å². The zero-order valence-electron chi connectivity index (χ0n) is 12.4. The van der Waals surface area contributed by atoms with Crippen LogP contribution in [0.1, 0.15) is 26.3 Å². The van der Waals surface area contributed by atoms with Crippen molar-refractivity contribution >= 4 is 11.7 Å². The standard InChI is InChI=1S/C15H21N3O2/c1-9-5-6-13-11(7-9)18-12(10(2)20-13)8-17(14(16)19)15(18,3)4/h5-7,10,12H,8H2,1-4H3,(H2,16,19). The van der Waals surface area contributed by atoms with E-state index in [0.717, 1.165) is 11.4 Å². The van der Waals surface area contributed by atoms with Gasteiger partial charge in [0.05, 0.1) is 11.7 Å². The summed E-state index contributed by atoms with van der Waals surface area (Å²) in [6.45, 7) is 8.75. The molecular weight excluding hydrogens is 254 g/mol. The lowest BCUT2D eigenvalue weighted by molar-refractivity contribution is 0.175. The fourth-order valence-corrected chi connectivity index (χ4v) is 3.41. The number of amides is 2. The highest BCUT2D eigenvalue weighted by atomic mass is 16.5. The number of carbonyl (C=O) groups is 1. The normalized spacial score (nSPS) is 26.8. The topological polar surface area (TPSA) is 58.8 Å². The number of nitrogens with two attached hydrogens (primary N) is 1. The van der Waals surface area contributed by atoms with Crippen molar-refractivity contribution in [2.75, 3.05) is 11.4 Å². The number of primary amides is 1. The fraction of sp³-hybridized carbons (Fsp3) is 0.533. The van der Waals surface area contributed by atoms with Crippen LogP contribution in [0.2, 0.25) is 0 Å². The minimum atomic E-state index is -0.447. The Labute approximate surface area is 119 Å². The monoisotopic (exact) mass is 275 g/mol. The molecule has 0 aliphatic carbocycles. The summed E-state index contributed by atoms with van der Waals surface area (Å²) in [5.41, 5.74) is 7.31. The van der Waals surface area contributed by atoms with Gasteiger partial charge in [-0.25, -0.2) is 4.79 Å². The molecule has 0 radical (unpaired) electrons. The molecule has 1 saturated heterocycles. The average molecular weight is 275 g/mol. The summed E-state index contributed by atoms with van der Waals surface area (Å²) >= 11 is 0. The van der Waals surface area contributed by atoms with E-state index < -0.39 is 5.66 Å². The first-order chi connectivity index (χ1) is 9.32. The number of hydrogen-bond acceptors (Lipinski definition) is 3. The number of anilines is 1. The largest absolute Gasteiger partial charge is 0.486 e. The Morgan fingerprint density at radius 3 is 2.80 bits per heavy atom. The van der Waals surface area contributed by atoms with Crippen LogP contribution >= 0.6 is 0 Å². The van der Waals surface area contributed by atoms with E-state index in [9.17, 15) is 4.79 Å². The molecule has 2 N–H and O–H groups in total. The molecule has 3 rings (SSSR count). The van der Waals surface area contributed by atoms with Crippen molar-refractivity contribution in [2.24, 2.45) is 5.73 Å². The number of ether oxygens (including phenoxy) is 1. The van der Waals surface area contributed by atoms with Crippen molar-refractivity contribution in [1.82, 2.24) is 4.90 Å². The molecule has 20 heavy (non-hydrogen) atoms. The van der Waals surface area contributed by atoms with Gasteiger partial charge >= 0.3 is 6.03 Å². The lowest BCUT2D eigenvalue weighted by Crippen LogP contribution is -2.56. The molecule has 5 heteroatoms. The van der Waals surface area contributed by atoms with Crippen LogP contribution in [0.4, 0.5) is 10.5 Å². The van der Waals surface area contributed by atoms with E-state index in [-0.39, 0.29) is 18.2 Å². The first kappa shape index (κ1) is 13.1. The Bertz CT molecular complexity index is 570. The Morgan fingerprint density at radius 2 is 2.15 bits per heavy atom. The van der Waals surface area contributed by atoms with Crippen LogP contribution < -0.4 is 15.4 Å². The molecule has 0 bridgehead atoms. The second-order valence-corrected chi connectivity index (χ2v) is 6.17. The lowest BCUT2D eigenvalue weighted by Gasteiger charge is -2.44. The van der Waals surface area contributed by atoms with Crippen molar-refractivity contribution in [3.63, 3.8) is 0 Å². The van der Waals surface area contributed by atoms with Gasteiger partial charge in [-0.05, 0) is 45.4 Å². The number of urea groups is 1. The molecule has 2 atom stereocenters. The minimum Gasteiger partial charge on any atom is -0.486 e. The Hall–Kier alpha value is -1.91. The third kappa shape index (κ3) is 1.65. The maximum absolute atomic E-state index is 11.7. The Balaban J connectivity index is 2.13. The van der Waals surface area contributed by atoms with E-state index in [2.05, 4.69) is 17.9 Å². The summed E-state index contributed by atoms with van der Waals surface area (Å²) in [6, 6.07) is 5.90. The molecule has 1 aromatic carbocycles. The van der Waals surface area contributed by atoms with Crippen molar-refractivity contribution in [3.8, 4) is 5.75 Å². The first-order valence-corrected chi connectivity index (χ1v) is 6.96. The SMILES string of the molecule is Cc1ccc2c(c1)N1C(CN(C(N)=O)C1(C)C)C(C)O2. The van der Waals surface area contributed by atoms with Gasteiger partial charge in [0.25, 0.3) is 0 Å². The molecule has 1 aromatic rings. The molecule has 1 fully saturated rings. The van der Waals surface area contributed by atoms with Crippen molar-refractivity contribution in [1.29, 1.82) is 0 Å². The van der Waals surface area contributed by atoms with E-state index in [1.54, 1.807) is 4.90 Å². The highest BCUT2D eigenvalue weighted by molar-refractivity contribution is 5.76. The summed E-state index contributed by atoms with van der Waals surface area (Å²) in [6.07, 6.45) is 0.0221. The summed E-state index contributed by atoms with van der Waals surface area (Å²) in [4.78, 5) is 15.7. The minimum absolute atomic E-state index is 0.0221. The van der Waals surface area contributed by atoms with Crippen LogP contribution in [-0.4, -0.2) is 35.3 Å². The lowest BCUT2D eigenvalue weighted by atomic mass is 10.0.